The van der Waals surface area contributed by atoms with Crippen LogP contribution in [-0.2, 0) is 0 Å². The molecule has 6 nitrogen and oxygen atoms in total. The minimum absolute atomic E-state index is 0.220. The molecule has 0 bridgehead atoms. The number of anilines is 4. The number of rotatable bonds is 4. The van der Waals surface area contributed by atoms with Gasteiger partial charge in [-0.05, 0) is 48.5 Å². The number of urea groups is 1. The van der Waals surface area contributed by atoms with Gasteiger partial charge in [-0.1, -0.05) is 18.2 Å². The SMILES string of the molecule is O=C(Nc1ccccc1)Nc1ccc(N2CCN(c3ccc(F)cc3)CC2)nc1. The van der Waals surface area contributed by atoms with E-state index in [0.717, 1.165) is 43.4 Å². The molecular formula is C22H22FN5O. The summed E-state index contributed by atoms with van der Waals surface area (Å²) in [7, 11) is 0. The molecule has 1 fully saturated rings. The number of carbonyl (C=O) groups is 1. The smallest absolute Gasteiger partial charge is 0.323 e. The van der Waals surface area contributed by atoms with Crippen molar-refractivity contribution in [3.8, 4) is 0 Å². The van der Waals surface area contributed by atoms with Gasteiger partial charge >= 0.3 is 6.03 Å². The fraction of sp³-hybridized carbons (Fsp3) is 0.182. The van der Waals surface area contributed by atoms with Crippen molar-refractivity contribution in [3.05, 3.63) is 78.7 Å². The van der Waals surface area contributed by atoms with Crippen molar-refractivity contribution in [3.63, 3.8) is 0 Å². The zero-order valence-electron chi connectivity index (χ0n) is 15.9. The highest BCUT2D eigenvalue weighted by molar-refractivity contribution is 5.99. The highest BCUT2D eigenvalue weighted by atomic mass is 19.1. The first-order chi connectivity index (χ1) is 14.2. The van der Waals surface area contributed by atoms with E-state index >= 15 is 0 Å². The fourth-order valence-electron chi connectivity index (χ4n) is 3.31. The van der Waals surface area contributed by atoms with Crippen molar-refractivity contribution >= 4 is 28.9 Å². The Morgan fingerprint density at radius 1 is 0.793 bits per heavy atom. The Kier molecular flexibility index (Phi) is 5.56. The van der Waals surface area contributed by atoms with Gasteiger partial charge in [-0.25, -0.2) is 14.2 Å². The molecule has 7 heteroatoms. The molecule has 0 unspecified atom stereocenters. The lowest BCUT2D eigenvalue weighted by Gasteiger charge is -2.36. The minimum Gasteiger partial charge on any atom is -0.368 e. The number of nitrogens with one attached hydrogen (secondary N) is 2. The van der Waals surface area contributed by atoms with E-state index in [1.165, 1.54) is 12.1 Å². The second-order valence-corrected chi connectivity index (χ2v) is 6.80. The molecule has 0 atom stereocenters. The van der Waals surface area contributed by atoms with E-state index in [1.54, 1.807) is 6.20 Å². The summed E-state index contributed by atoms with van der Waals surface area (Å²) >= 11 is 0. The second kappa shape index (κ2) is 8.60. The molecule has 29 heavy (non-hydrogen) atoms. The molecule has 4 rings (SSSR count). The Morgan fingerprint density at radius 2 is 1.45 bits per heavy atom. The van der Waals surface area contributed by atoms with Gasteiger partial charge in [0.1, 0.15) is 11.6 Å². The summed E-state index contributed by atoms with van der Waals surface area (Å²) in [5, 5.41) is 5.56. The first-order valence-corrected chi connectivity index (χ1v) is 9.52. The van der Waals surface area contributed by atoms with Crippen molar-refractivity contribution in [2.75, 3.05) is 46.6 Å². The van der Waals surface area contributed by atoms with Gasteiger partial charge in [0.15, 0.2) is 0 Å². The maximum atomic E-state index is 13.1. The minimum atomic E-state index is -0.307. The summed E-state index contributed by atoms with van der Waals surface area (Å²) < 4.78 is 13.1. The van der Waals surface area contributed by atoms with Crippen molar-refractivity contribution in [1.82, 2.24) is 4.98 Å². The van der Waals surface area contributed by atoms with Crippen LogP contribution in [0.3, 0.4) is 0 Å². The summed E-state index contributed by atoms with van der Waals surface area (Å²) in [5.41, 5.74) is 2.39. The number of piperazine rings is 1. The molecule has 1 saturated heterocycles. The molecule has 0 saturated carbocycles. The maximum absolute atomic E-state index is 13.1. The molecule has 2 N–H and O–H groups in total. The topological polar surface area (TPSA) is 60.5 Å². The molecule has 1 aromatic heterocycles. The van der Waals surface area contributed by atoms with Gasteiger partial charge in [-0.2, -0.15) is 0 Å². The van der Waals surface area contributed by atoms with Crippen LogP contribution in [0.25, 0.3) is 0 Å². The summed E-state index contributed by atoms with van der Waals surface area (Å²) in [6, 6.07) is 19.3. The molecule has 0 spiro atoms. The number of amides is 2. The molecule has 1 aliphatic rings. The summed E-state index contributed by atoms with van der Waals surface area (Å²) in [6.45, 7) is 3.33. The average molecular weight is 391 g/mol. The monoisotopic (exact) mass is 391 g/mol. The third-order valence-corrected chi connectivity index (χ3v) is 4.83. The number of pyridine rings is 1. The van der Waals surface area contributed by atoms with E-state index in [9.17, 15) is 9.18 Å². The second-order valence-electron chi connectivity index (χ2n) is 6.80. The predicted molar refractivity (Wildman–Crippen MR) is 114 cm³/mol. The third-order valence-electron chi connectivity index (χ3n) is 4.83. The van der Waals surface area contributed by atoms with Crippen molar-refractivity contribution < 1.29 is 9.18 Å². The Labute approximate surface area is 169 Å². The zero-order valence-corrected chi connectivity index (χ0v) is 15.9. The number of para-hydroxylation sites is 1. The van der Waals surface area contributed by atoms with Gasteiger partial charge in [0.2, 0.25) is 0 Å². The Bertz CT molecular complexity index is 939. The van der Waals surface area contributed by atoms with Gasteiger partial charge in [0.25, 0.3) is 0 Å². The largest absolute Gasteiger partial charge is 0.368 e. The van der Waals surface area contributed by atoms with Crippen molar-refractivity contribution in [1.29, 1.82) is 0 Å². The Morgan fingerprint density at radius 3 is 2.10 bits per heavy atom. The quantitative estimate of drug-likeness (QED) is 0.700. The van der Waals surface area contributed by atoms with E-state index in [4.69, 9.17) is 0 Å². The van der Waals surface area contributed by atoms with Crippen LogP contribution in [0.5, 0.6) is 0 Å². The van der Waals surface area contributed by atoms with Gasteiger partial charge in [-0.15, -0.1) is 0 Å². The van der Waals surface area contributed by atoms with Crippen LogP contribution in [0.1, 0.15) is 0 Å². The van der Waals surface area contributed by atoms with Gasteiger partial charge in [0, 0.05) is 37.6 Å². The van der Waals surface area contributed by atoms with E-state index in [0.29, 0.717) is 5.69 Å². The van der Waals surface area contributed by atoms with E-state index in [2.05, 4.69) is 25.4 Å². The standard InChI is InChI=1S/C22H22FN5O/c23-17-6-9-20(10-7-17)27-12-14-28(15-13-27)21-11-8-19(16-24-21)26-22(29)25-18-4-2-1-3-5-18/h1-11,16H,12-15H2,(H2,25,26,29). The van der Waals surface area contributed by atoms with Crippen LogP contribution in [0.15, 0.2) is 72.9 Å². The van der Waals surface area contributed by atoms with Crippen LogP contribution in [0, 0.1) is 5.82 Å². The number of hydrogen-bond donors (Lipinski definition) is 2. The number of hydrogen-bond acceptors (Lipinski definition) is 4. The molecule has 1 aliphatic heterocycles. The van der Waals surface area contributed by atoms with E-state index < -0.39 is 0 Å². The summed E-state index contributed by atoms with van der Waals surface area (Å²) in [6.07, 6.45) is 1.66. The fourth-order valence-corrected chi connectivity index (χ4v) is 3.31. The number of nitrogens with zero attached hydrogens (tertiary/aromatic N) is 3. The van der Waals surface area contributed by atoms with Gasteiger partial charge in [0.05, 0.1) is 11.9 Å². The van der Waals surface area contributed by atoms with Crippen LogP contribution in [0.2, 0.25) is 0 Å². The molecule has 3 aromatic rings. The summed E-state index contributed by atoms with van der Waals surface area (Å²) in [4.78, 5) is 21.0. The lowest BCUT2D eigenvalue weighted by atomic mass is 10.2. The van der Waals surface area contributed by atoms with E-state index in [1.807, 2.05) is 54.6 Å². The maximum Gasteiger partial charge on any atom is 0.323 e. The zero-order chi connectivity index (χ0) is 20.1. The molecule has 2 aromatic carbocycles. The Hall–Kier alpha value is -3.61. The average Bonchev–Trinajstić information content (AvgIpc) is 2.76. The molecular weight excluding hydrogens is 369 g/mol. The van der Waals surface area contributed by atoms with Crippen LogP contribution < -0.4 is 20.4 Å². The lowest BCUT2D eigenvalue weighted by Crippen LogP contribution is -2.46. The molecule has 0 aliphatic carbocycles. The van der Waals surface area contributed by atoms with Crippen molar-refractivity contribution in [2.24, 2.45) is 0 Å². The van der Waals surface area contributed by atoms with Crippen LogP contribution >= 0.6 is 0 Å². The third kappa shape index (κ3) is 4.82. The Balaban J connectivity index is 1.30. The normalized spacial score (nSPS) is 13.8. The lowest BCUT2D eigenvalue weighted by molar-refractivity contribution is 0.262. The number of benzene rings is 2. The number of halogens is 1. The summed E-state index contributed by atoms with van der Waals surface area (Å²) in [5.74, 6) is 0.653. The number of aromatic nitrogens is 1. The van der Waals surface area contributed by atoms with Gasteiger partial charge in [-0.3, -0.25) is 0 Å². The van der Waals surface area contributed by atoms with Crippen LogP contribution in [0.4, 0.5) is 32.1 Å². The van der Waals surface area contributed by atoms with Crippen molar-refractivity contribution in [2.45, 2.75) is 0 Å². The molecule has 148 valence electrons. The van der Waals surface area contributed by atoms with Crippen LogP contribution in [-0.4, -0.2) is 37.2 Å². The number of carbonyl (C=O) groups excluding carboxylic acids is 1. The predicted octanol–water partition coefficient (Wildman–Crippen LogP) is 4.19. The molecule has 2 heterocycles. The molecule has 0 radical (unpaired) electrons. The highest BCUT2D eigenvalue weighted by Gasteiger charge is 2.18. The first kappa shape index (κ1) is 18.7. The first-order valence-electron chi connectivity index (χ1n) is 9.52. The molecule has 2 amide bonds. The highest BCUT2D eigenvalue weighted by Crippen LogP contribution is 2.20. The van der Waals surface area contributed by atoms with Gasteiger partial charge < -0.3 is 20.4 Å². The van der Waals surface area contributed by atoms with E-state index in [-0.39, 0.29) is 11.8 Å².